The van der Waals surface area contributed by atoms with Crippen LogP contribution in [0.25, 0.3) is 33.6 Å². The number of nitrogens with one attached hydrogen (secondary N) is 1. The predicted molar refractivity (Wildman–Crippen MR) is 193 cm³/mol. The molecule has 4 aliphatic rings. The molecular weight excluding hydrogens is 657 g/mol. The first-order valence-electron chi connectivity index (χ1n) is 17.1. The summed E-state index contributed by atoms with van der Waals surface area (Å²) in [6.07, 6.45) is 3.70. The third kappa shape index (κ3) is 6.12. The van der Waals surface area contributed by atoms with Gasteiger partial charge in [0.15, 0.2) is 0 Å². The standard InChI is InChI=1S/C39H41Cl2N5O3/c1-48-36-25(18-45-21-38(22-45)14-13-27(47)17-38)9-11-32(43-36)30-7-3-5-28(34(30)40)29-6-4-8-31(35(29)41)33-12-10-26(37(44-33)49-2)19-46-23-39(24-46)15-16-42-20-39/h3-12,42H,13-24H2,1-2H3. The van der Waals surface area contributed by atoms with Crippen molar-refractivity contribution < 1.29 is 14.3 Å². The van der Waals surface area contributed by atoms with Crippen molar-refractivity contribution in [2.75, 3.05) is 53.5 Å². The van der Waals surface area contributed by atoms with Gasteiger partial charge in [-0.15, -0.1) is 0 Å². The van der Waals surface area contributed by atoms with Crippen LogP contribution >= 0.6 is 23.2 Å². The van der Waals surface area contributed by atoms with Crippen molar-refractivity contribution in [2.45, 2.75) is 38.8 Å². The van der Waals surface area contributed by atoms with Crippen molar-refractivity contribution >= 4 is 29.0 Å². The number of ether oxygens (including phenoxy) is 2. The molecule has 1 aliphatic carbocycles. The molecule has 3 aliphatic heterocycles. The lowest BCUT2D eigenvalue weighted by molar-refractivity contribution is -0.119. The molecule has 254 valence electrons. The Bertz CT molecular complexity index is 1910. The number of methoxy groups -OCH3 is 2. The molecule has 1 saturated carbocycles. The van der Waals surface area contributed by atoms with E-state index in [0.29, 0.717) is 39.4 Å². The third-order valence-corrected chi connectivity index (χ3v) is 11.8. The molecule has 0 unspecified atom stereocenters. The third-order valence-electron chi connectivity index (χ3n) is 11.0. The van der Waals surface area contributed by atoms with Crippen LogP contribution < -0.4 is 14.8 Å². The summed E-state index contributed by atoms with van der Waals surface area (Å²) in [4.78, 5) is 26.5. The molecule has 4 fully saturated rings. The van der Waals surface area contributed by atoms with E-state index >= 15 is 0 Å². The Morgan fingerprint density at radius 3 is 1.67 bits per heavy atom. The Hall–Kier alpha value is -3.53. The molecule has 4 aromatic rings. The van der Waals surface area contributed by atoms with Gasteiger partial charge in [-0.2, -0.15) is 0 Å². The maximum Gasteiger partial charge on any atom is 0.218 e. The maximum atomic E-state index is 11.9. The van der Waals surface area contributed by atoms with E-state index < -0.39 is 0 Å². The Kier molecular flexibility index (Phi) is 8.65. The topological polar surface area (TPSA) is 79.8 Å². The first-order valence-corrected chi connectivity index (χ1v) is 17.9. The van der Waals surface area contributed by atoms with E-state index in [9.17, 15) is 4.79 Å². The first-order chi connectivity index (χ1) is 23.8. The molecule has 3 saturated heterocycles. The Morgan fingerprint density at radius 2 is 1.22 bits per heavy atom. The number of hydrogen-bond donors (Lipinski definition) is 1. The average Bonchev–Trinajstić information content (AvgIpc) is 3.73. The Labute approximate surface area is 297 Å². The molecule has 1 N–H and O–H groups in total. The molecule has 2 aromatic heterocycles. The van der Waals surface area contributed by atoms with Gasteiger partial charge in [-0.1, -0.05) is 71.7 Å². The number of halogens is 2. The average molecular weight is 699 g/mol. The van der Waals surface area contributed by atoms with Crippen LogP contribution in [-0.2, 0) is 17.9 Å². The molecule has 2 spiro atoms. The smallest absolute Gasteiger partial charge is 0.218 e. The first kappa shape index (κ1) is 32.7. The van der Waals surface area contributed by atoms with Crippen LogP contribution in [-0.4, -0.2) is 79.0 Å². The van der Waals surface area contributed by atoms with E-state index in [1.165, 1.54) is 6.42 Å². The number of nitrogens with zero attached hydrogens (tertiary/aromatic N) is 4. The Morgan fingerprint density at radius 1 is 0.714 bits per heavy atom. The number of benzene rings is 2. The molecule has 10 heteroatoms. The highest BCUT2D eigenvalue weighted by molar-refractivity contribution is 6.39. The van der Waals surface area contributed by atoms with E-state index in [1.807, 2.05) is 48.5 Å². The second kappa shape index (κ2) is 13.0. The van der Waals surface area contributed by atoms with E-state index in [-0.39, 0.29) is 5.41 Å². The lowest BCUT2D eigenvalue weighted by Crippen LogP contribution is -2.56. The van der Waals surface area contributed by atoms with Crippen LogP contribution in [0.3, 0.4) is 0 Å². The number of likely N-dealkylation sites (tertiary alicyclic amines) is 2. The minimum Gasteiger partial charge on any atom is -0.481 e. The number of carbonyl (C=O) groups excluding carboxylic acids is 1. The summed E-state index contributed by atoms with van der Waals surface area (Å²) < 4.78 is 11.5. The zero-order valence-corrected chi connectivity index (χ0v) is 29.5. The fourth-order valence-electron chi connectivity index (χ4n) is 8.55. The van der Waals surface area contributed by atoms with Crippen molar-refractivity contribution in [2.24, 2.45) is 10.8 Å². The van der Waals surface area contributed by atoms with E-state index in [1.54, 1.807) is 14.2 Å². The molecular formula is C39H41Cl2N5O3. The van der Waals surface area contributed by atoms with Gasteiger partial charge in [0.1, 0.15) is 5.78 Å². The van der Waals surface area contributed by atoms with Gasteiger partial charge in [0.05, 0.1) is 35.7 Å². The number of pyridine rings is 2. The predicted octanol–water partition coefficient (Wildman–Crippen LogP) is 7.15. The molecule has 8 nitrogen and oxygen atoms in total. The summed E-state index contributed by atoms with van der Waals surface area (Å²) in [5.41, 5.74) is 7.40. The summed E-state index contributed by atoms with van der Waals surface area (Å²) in [5.74, 6) is 1.60. The molecule has 0 atom stereocenters. The molecule has 49 heavy (non-hydrogen) atoms. The van der Waals surface area contributed by atoms with Gasteiger partial charge >= 0.3 is 0 Å². The fraction of sp³-hybridized carbons (Fsp3) is 0.410. The zero-order valence-electron chi connectivity index (χ0n) is 28.0. The maximum absolute atomic E-state index is 11.9. The molecule has 8 rings (SSSR count). The van der Waals surface area contributed by atoms with Gasteiger partial charge in [-0.3, -0.25) is 14.6 Å². The van der Waals surface area contributed by atoms with Crippen molar-refractivity contribution in [3.63, 3.8) is 0 Å². The summed E-state index contributed by atoms with van der Waals surface area (Å²) in [6.45, 7) is 7.88. The monoisotopic (exact) mass is 697 g/mol. The number of Topliss-reactive ketones (excluding diaryl/α,β-unsaturated/α-hetero) is 1. The summed E-state index contributed by atoms with van der Waals surface area (Å²) in [5, 5.41) is 4.63. The van der Waals surface area contributed by atoms with E-state index in [4.69, 9.17) is 42.6 Å². The highest BCUT2D eigenvalue weighted by Crippen LogP contribution is 2.46. The minimum absolute atomic E-state index is 0.181. The number of hydrogen-bond acceptors (Lipinski definition) is 8. The van der Waals surface area contributed by atoms with Gasteiger partial charge in [-0.05, 0) is 31.5 Å². The molecule has 5 heterocycles. The van der Waals surface area contributed by atoms with Crippen molar-refractivity contribution in [3.05, 3.63) is 81.8 Å². The normalized spacial score (nSPS) is 19.7. The lowest BCUT2D eigenvalue weighted by Gasteiger charge is -2.48. The quantitative estimate of drug-likeness (QED) is 0.198. The number of aromatic nitrogens is 2. The highest BCUT2D eigenvalue weighted by atomic mass is 35.5. The number of ketones is 1. The van der Waals surface area contributed by atoms with Gasteiger partial charge in [-0.25, -0.2) is 9.97 Å². The minimum atomic E-state index is 0.181. The fourth-order valence-corrected chi connectivity index (χ4v) is 9.20. The number of carbonyl (C=O) groups is 1. The van der Waals surface area contributed by atoms with Gasteiger partial charge in [0.2, 0.25) is 11.8 Å². The molecule has 0 amide bonds. The van der Waals surface area contributed by atoms with Crippen LogP contribution in [0.4, 0.5) is 0 Å². The SMILES string of the molecule is COc1nc(-c2cccc(-c3cccc(-c4ccc(CN5CC6(CCC(=O)C6)C5)c(OC)n4)c3Cl)c2Cl)ccc1CN1CC2(CCNC2)C1. The van der Waals surface area contributed by atoms with Crippen molar-refractivity contribution in [3.8, 4) is 45.4 Å². The van der Waals surface area contributed by atoms with Gasteiger partial charge in [0.25, 0.3) is 0 Å². The number of rotatable bonds is 9. The van der Waals surface area contributed by atoms with Crippen LogP contribution in [0.5, 0.6) is 11.8 Å². The highest BCUT2D eigenvalue weighted by Gasteiger charge is 2.47. The Balaban J connectivity index is 1.02. The second-order valence-electron chi connectivity index (χ2n) is 14.5. The van der Waals surface area contributed by atoms with Crippen molar-refractivity contribution in [1.82, 2.24) is 25.1 Å². The van der Waals surface area contributed by atoms with E-state index in [2.05, 4.69) is 27.2 Å². The summed E-state index contributed by atoms with van der Waals surface area (Å²) in [6, 6.07) is 20.1. The molecule has 0 bridgehead atoms. The second-order valence-corrected chi connectivity index (χ2v) is 15.3. The van der Waals surface area contributed by atoms with Gasteiger partial charge in [0, 0.05) is 103 Å². The van der Waals surface area contributed by atoms with Crippen LogP contribution in [0.1, 0.15) is 36.8 Å². The molecule has 2 aromatic carbocycles. The summed E-state index contributed by atoms with van der Waals surface area (Å²) >= 11 is 14.3. The lowest BCUT2D eigenvalue weighted by atomic mass is 9.78. The van der Waals surface area contributed by atoms with Crippen LogP contribution in [0, 0.1) is 10.8 Å². The molecule has 0 radical (unpaired) electrons. The van der Waals surface area contributed by atoms with E-state index in [0.717, 1.165) is 110 Å². The zero-order chi connectivity index (χ0) is 33.8. The van der Waals surface area contributed by atoms with Gasteiger partial charge < -0.3 is 14.8 Å². The van der Waals surface area contributed by atoms with Crippen LogP contribution in [0.2, 0.25) is 10.0 Å². The largest absolute Gasteiger partial charge is 0.481 e. The van der Waals surface area contributed by atoms with Crippen LogP contribution in [0.15, 0.2) is 60.7 Å². The van der Waals surface area contributed by atoms with Crippen molar-refractivity contribution in [1.29, 1.82) is 0 Å². The summed E-state index contributed by atoms with van der Waals surface area (Å²) in [7, 11) is 3.32.